The van der Waals surface area contributed by atoms with Crippen LogP contribution >= 0.6 is 11.8 Å². The molecule has 0 aliphatic heterocycles. The van der Waals surface area contributed by atoms with Gasteiger partial charge in [-0.3, -0.25) is 0 Å². The average Bonchev–Trinajstić information content (AvgIpc) is 2.94. The standard InChI is InChI=1S/C17H19FN4O3S/c1-4-25-16(24)14(10(2)19)13(23)9-26-17-21-20-15(22(17)3)11-5-7-12(18)8-6-11/h5-8,19,23H,4,9H2,1-3H3. The molecule has 0 radical (unpaired) electrons. The smallest absolute Gasteiger partial charge is 0.343 e. The van der Waals surface area contributed by atoms with E-state index in [1.807, 2.05) is 0 Å². The van der Waals surface area contributed by atoms with E-state index < -0.39 is 5.97 Å². The highest BCUT2D eigenvalue weighted by Gasteiger charge is 2.20. The predicted molar refractivity (Wildman–Crippen MR) is 96.8 cm³/mol. The minimum absolute atomic E-state index is 0.0275. The number of hydrogen-bond acceptors (Lipinski definition) is 7. The van der Waals surface area contributed by atoms with Crippen molar-refractivity contribution in [2.45, 2.75) is 19.0 Å². The molecule has 7 nitrogen and oxygen atoms in total. The highest BCUT2D eigenvalue weighted by molar-refractivity contribution is 7.99. The summed E-state index contributed by atoms with van der Waals surface area (Å²) in [6.07, 6.45) is 0. The van der Waals surface area contributed by atoms with E-state index >= 15 is 0 Å². The molecule has 0 saturated carbocycles. The summed E-state index contributed by atoms with van der Waals surface area (Å²) in [5, 5.41) is 26.5. The molecule has 0 atom stereocenters. The first-order valence-electron chi connectivity index (χ1n) is 7.78. The van der Waals surface area contributed by atoms with Gasteiger partial charge in [-0.25, -0.2) is 9.18 Å². The number of esters is 1. The van der Waals surface area contributed by atoms with Crippen LogP contribution < -0.4 is 0 Å². The molecule has 2 rings (SSSR count). The fraction of sp³-hybridized carbons (Fsp3) is 0.294. The molecule has 0 fully saturated rings. The number of hydrogen-bond donors (Lipinski definition) is 2. The number of rotatable bonds is 7. The van der Waals surface area contributed by atoms with Crippen molar-refractivity contribution in [3.05, 3.63) is 41.4 Å². The number of aromatic nitrogens is 3. The number of thioether (sulfide) groups is 1. The van der Waals surface area contributed by atoms with Gasteiger partial charge in [-0.1, -0.05) is 11.8 Å². The molecule has 0 spiro atoms. The summed E-state index contributed by atoms with van der Waals surface area (Å²) >= 11 is 1.16. The minimum Gasteiger partial charge on any atom is -0.510 e. The van der Waals surface area contributed by atoms with E-state index in [0.29, 0.717) is 16.5 Å². The van der Waals surface area contributed by atoms with Crippen LogP contribution in [0.4, 0.5) is 4.39 Å². The number of halogens is 1. The molecule has 0 unspecified atom stereocenters. The summed E-state index contributed by atoms with van der Waals surface area (Å²) in [7, 11) is 1.75. The molecule has 1 heterocycles. The summed E-state index contributed by atoms with van der Waals surface area (Å²) in [4.78, 5) is 11.9. The number of carbonyl (C=O) groups is 1. The van der Waals surface area contributed by atoms with E-state index in [2.05, 4.69) is 10.2 Å². The molecule has 0 aliphatic carbocycles. The Bertz CT molecular complexity index is 846. The zero-order valence-corrected chi connectivity index (χ0v) is 15.4. The number of ether oxygens (including phenoxy) is 1. The number of nitrogens with zero attached hydrogens (tertiary/aromatic N) is 3. The van der Waals surface area contributed by atoms with Crippen LogP contribution in [0.2, 0.25) is 0 Å². The summed E-state index contributed by atoms with van der Waals surface area (Å²) in [6.45, 7) is 3.21. The lowest BCUT2D eigenvalue weighted by atomic mass is 10.1. The number of aliphatic hydroxyl groups excluding tert-OH is 1. The maximum absolute atomic E-state index is 13.0. The van der Waals surface area contributed by atoms with Crippen LogP contribution in [0.25, 0.3) is 11.4 Å². The Hall–Kier alpha value is -2.68. The predicted octanol–water partition coefficient (Wildman–Crippen LogP) is 3.13. The van der Waals surface area contributed by atoms with E-state index in [4.69, 9.17) is 10.1 Å². The summed E-state index contributed by atoms with van der Waals surface area (Å²) < 4.78 is 19.6. The van der Waals surface area contributed by atoms with Gasteiger partial charge in [-0.05, 0) is 38.1 Å². The Morgan fingerprint density at radius 1 is 1.35 bits per heavy atom. The zero-order valence-electron chi connectivity index (χ0n) is 14.6. The third kappa shape index (κ3) is 4.48. The molecule has 138 valence electrons. The van der Waals surface area contributed by atoms with Gasteiger partial charge in [0, 0.05) is 18.3 Å². The van der Waals surface area contributed by atoms with E-state index in [-0.39, 0.29) is 35.2 Å². The summed E-state index contributed by atoms with van der Waals surface area (Å²) in [5.74, 6) is -0.756. The van der Waals surface area contributed by atoms with Crippen molar-refractivity contribution in [2.24, 2.45) is 7.05 Å². The maximum Gasteiger partial charge on any atom is 0.343 e. The van der Waals surface area contributed by atoms with Crippen LogP contribution in [0.5, 0.6) is 0 Å². The van der Waals surface area contributed by atoms with E-state index in [0.717, 1.165) is 11.8 Å². The van der Waals surface area contributed by atoms with Gasteiger partial charge in [0.15, 0.2) is 11.0 Å². The Morgan fingerprint density at radius 2 is 2.00 bits per heavy atom. The molecular formula is C17H19FN4O3S. The molecular weight excluding hydrogens is 359 g/mol. The van der Waals surface area contributed by atoms with Gasteiger partial charge in [-0.15, -0.1) is 10.2 Å². The molecule has 0 aliphatic rings. The molecule has 0 amide bonds. The lowest BCUT2D eigenvalue weighted by molar-refractivity contribution is -0.138. The van der Waals surface area contributed by atoms with Crippen LogP contribution in [0.15, 0.2) is 40.8 Å². The van der Waals surface area contributed by atoms with E-state index in [1.54, 1.807) is 30.7 Å². The molecule has 0 bridgehead atoms. The average molecular weight is 378 g/mol. The molecule has 26 heavy (non-hydrogen) atoms. The number of nitrogens with one attached hydrogen (secondary N) is 1. The van der Waals surface area contributed by atoms with Gasteiger partial charge in [-0.2, -0.15) is 0 Å². The molecule has 2 aromatic rings. The Labute approximate surface area is 154 Å². The molecule has 1 aromatic carbocycles. The van der Waals surface area contributed by atoms with Crippen molar-refractivity contribution in [1.29, 1.82) is 5.41 Å². The quantitative estimate of drug-likeness (QED) is 0.252. The Balaban J connectivity index is 2.19. The first-order valence-corrected chi connectivity index (χ1v) is 8.76. The monoisotopic (exact) mass is 378 g/mol. The van der Waals surface area contributed by atoms with Gasteiger partial charge in [0.2, 0.25) is 0 Å². The first-order chi connectivity index (χ1) is 12.3. The third-order valence-electron chi connectivity index (χ3n) is 3.42. The number of benzene rings is 1. The van der Waals surface area contributed by atoms with Crippen LogP contribution in [0.3, 0.4) is 0 Å². The topological polar surface area (TPSA) is 101 Å². The first kappa shape index (κ1) is 19.6. The molecule has 0 saturated heterocycles. The molecule has 1 aromatic heterocycles. The van der Waals surface area contributed by atoms with Gasteiger partial charge in [0.25, 0.3) is 0 Å². The van der Waals surface area contributed by atoms with Crippen LogP contribution in [0, 0.1) is 11.2 Å². The Kier molecular flexibility index (Phi) is 6.51. The van der Waals surface area contributed by atoms with Crippen molar-refractivity contribution in [3.63, 3.8) is 0 Å². The summed E-state index contributed by atoms with van der Waals surface area (Å²) in [6, 6.07) is 5.87. The second-order valence-electron chi connectivity index (χ2n) is 5.33. The maximum atomic E-state index is 13.0. The van der Waals surface area contributed by atoms with Crippen molar-refractivity contribution in [2.75, 3.05) is 12.4 Å². The number of aliphatic hydroxyl groups is 1. The number of carbonyl (C=O) groups excluding carboxylic acids is 1. The van der Waals surface area contributed by atoms with Gasteiger partial charge < -0.3 is 19.8 Å². The largest absolute Gasteiger partial charge is 0.510 e. The second-order valence-corrected chi connectivity index (χ2v) is 6.27. The van der Waals surface area contributed by atoms with Gasteiger partial charge >= 0.3 is 5.97 Å². The van der Waals surface area contributed by atoms with E-state index in [1.165, 1.54) is 19.1 Å². The van der Waals surface area contributed by atoms with E-state index in [9.17, 15) is 14.3 Å². The SMILES string of the molecule is CCOC(=O)C(C(C)=N)=C(O)CSc1nnc(-c2ccc(F)cc2)n1C. The second kappa shape index (κ2) is 8.61. The van der Waals surface area contributed by atoms with Crippen molar-refractivity contribution < 1.29 is 19.0 Å². The van der Waals surface area contributed by atoms with Crippen molar-refractivity contribution in [1.82, 2.24) is 14.8 Å². The van der Waals surface area contributed by atoms with Crippen LogP contribution in [0.1, 0.15) is 13.8 Å². The fourth-order valence-corrected chi connectivity index (χ4v) is 2.98. The lowest BCUT2D eigenvalue weighted by Crippen LogP contribution is -2.16. The fourth-order valence-electron chi connectivity index (χ4n) is 2.19. The summed E-state index contributed by atoms with van der Waals surface area (Å²) in [5.41, 5.74) is 0.474. The zero-order chi connectivity index (χ0) is 19.3. The molecule has 9 heteroatoms. The third-order valence-corrected chi connectivity index (χ3v) is 4.45. The van der Waals surface area contributed by atoms with Crippen molar-refractivity contribution >= 4 is 23.4 Å². The Morgan fingerprint density at radius 3 is 2.58 bits per heavy atom. The highest BCUT2D eigenvalue weighted by Crippen LogP contribution is 2.24. The highest BCUT2D eigenvalue weighted by atomic mass is 32.2. The van der Waals surface area contributed by atoms with Gasteiger partial charge in [0.05, 0.1) is 12.4 Å². The van der Waals surface area contributed by atoms with Crippen LogP contribution in [-0.2, 0) is 16.6 Å². The van der Waals surface area contributed by atoms with Gasteiger partial charge in [0.1, 0.15) is 17.1 Å². The normalized spacial score (nSPS) is 11.8. The lowest BCUT2D eigenvalue weighted by Gasteiger charge is -2.09. The van der Waals surface area contributed by atoms with Crippen molar-refractivity contribution in [3.8, 4) is 11.4 Å². The molecule has 2 N–H and O–H groups in total. The minimum atomic E-state index is -0.733. The van der Waals surface area contributed by atoms with Crippen LogP contribution in [-0.4, -0.2) is 43.9 Å².